The summed E-state index contributed by atoms with van der Waals surface area (Å²) >= 11 is 0. The molecule has 0 saturated heterocycles. The van der Waals surface area contributed by atoms with Crippen LogP contribution < -0.4 is 0 Å². The molecular weight excluding hydrogens is 841 g/mol. The third-order valence-corrected chi connectivity index (χ3v) is 23.3. The van der Waals surface area contributed by atoms with Crippen molar-refractivity contribution in [2.24, 2.45) is 82.9 Å². The van der Waals surface area contributed by atoms with E-state index in [4.69, 9.17) is 13.2 Å². The summed E-state index contributed by atoms with van der Waals surface area (Å²) in [6.45, 7) is 74.7. The number of fused-ring (bicyclic) bond motifs is 3. The molecule has 0 aliphatic heterocycles. The van der Waals surface area contributed by atoms with Crippen LogP contribution in [0.4, 0.5) is 0 Å². The molecule has 1 aromatic rings. The normalized spacial score (nSPS) is 27.3. The first kappa shape index (κ1) is 54.4. The van der Waals surface area contributed by atoms with Gasteiger partial charge in [-0.05, 0) is 276 Å². The molecular formula is C70H102. The van der Waals surface area contributed by atoms with Crippen molar-refractivity contribution in [3.05, 3.63) is 136 Å². The minimum absolute atomic E-state index is 0.265. The molecule has 7 rings (SSSR count). The van der Waals surface area contributed by atoms with Crippen LogP contribution in [0, 0.1) is 96.7 Å². The van der Waals surface area contributed by atoms with Gasteiger partial charge in [-0.25, -0.2) is 0 Å². The minimum Gasteiger partial charge on any atom is -0.0946 e. The number of benzene rings is 1. The molecule has 0 radical (unpaired) electrons. The fourth-order valence-corrected chi connectivity index (χ4v) is 16.1. The Bertz CT molecular complexity index is 2670. The van der Waals surface area contributed by atoms with Crippen molar-refractivity contribution < 1.29 is 0 Å². The minimum atomic E-state index is 0.265. The number of rotatable bonds is 15. The van der Waals surface area contributed by atoms with E-state index in [1.807, 2.05) is 0 Å². The first-order valence-electron chi connectivity index (χ1n) is 28.7. The Morgan fingerprint density at radius 1 is 0.371 bits per heavy atom. The molecule has 0 amide bonds. The van der Waals surface area contributed by atoms with Crippen molar-refractivity contribution in [1.29, 1.82) is 0 Å². The summed E-state index contributed by atoms with van der Waals surface area (Å²) in [7, 11) is 0. The van der Waals surface area contributed by atoms with Gasteiger partial charge >= 0.3 is 0 Å². The molecule has 0 N–H and O–H groups in total. The van der Waals surface area contributed by atoms with Gasteiger partial charge in [-0.15, -0.1) is 0 Å². The molecule has 6 aliphatic rings. The second-order valence-electron chi connectivity index (χ2n) is 26.3. The van der Waals surface area contributed by atoms with Crippen LogP contribution in [0.1, 0.15) is 224 Å². The summed E-state index contributed by atoms with van der Waals surface area (Å²) in [6, 6.07) is 0. The second-order valence-corrected chi connectivity index (χ2v) is 26.3. The molecule has 382 valence electrons. The van der Waals surface area contributed by atoms with E-state index >= 15 is 0 Å². The van der Waals surface area contributed by atoms with Crippen LogP contribution >= 0.6 is 0 Å². The maximum atomic E-state index is 4.94. The summed E-state index contributed by atoms with van der Waals surface area (Å²) in [5.74, 6) is 8.87. The molecule has 0 spiro atoms. The van der Waals surface area contributed by atoms with E-state index in [-0.39, 0.29) is 5.92 Å². The van der Waals surface area contributed by atoms with Crippen LogP contribution in [-0.4, -0.2) is 0 Å². The third-order valence-electron chi connectivity index (χ3n) is 23.3. The maximum Gasteiger partial charge on any atom is 0.0132 e. The molecule has 0 aromatic heterocycles. The van der Waals surface area contributed by atoms with E-state index in [9.17, 15) is 0 Å². The second kappa shape index (κ2) is 19.5. The highest BCUT2D eigenvalue weighted by Crippen LogP contribution is 2.64. The van der Waals surface area contributed by atoms with Crippen LogP contribution in [0.2, 0.25) is 0 Å². The monoisotopic (exact) mass is 943 g/mol. The van der Waals surface area contributed by atoms with Crippen LogP contribution in [0.3, 0.4) is 0 Å². The molecule has 0 fully saturated rings. The quantitative estimate of drug-likeness (QED) is 0.164. The van der Waals surface area contributed by atoms with Gasteiger partial charge in [-0.1, -0.05) is 135 Å². The molecule has 1 aromatic carbocycles. The average Bonchev–Trinajstić information content (AvgIpc) is 4.08. The summed E-state index contributed by atoms with van der Waals surface area (Å²) < 4.78 is 0. The predicted molar refractivity (Wildman–Crippen MR) is 310 cm³/mol. The van der Waals surface area contributed by atoms with E-state index in [0.29, 0.717) is 88.8 Å². The van der Waals surface area contributed by atoms with Crippen molar-refractivity contribution in [2.45, 2.75) is 205 Å². The zero-order valence-electron chi connectivity index (χ0n) is 50.1. The van der Waals surface area contributed by atoms with E-state index < -0.39 is 0 Å². The van der Waals surface area contributed by atoms with Crippen molar-refractivity contribution in [3.8, 4) is 0 Å². The lowest BCUT2D eigenvalue weighted by atomic mass is 9.65. The summed E-state index contributed by atoms with van der Waals surface area (Å²) in [5.41, 5.74) is 36.7. The fourth-order valence-electron chi connectivity index (χ4n) is 16.1. The van der Waals surface area contributed by atoms with Gasteiger partial charge in [0.1, 0.15) is 0 Å². The van der Waals surface area contributed by atoms with Gasteiger partial charge in [-0.3, -0.25) is 0 Å². The fraction of sp³-hybridized carbons (Fsp3) is 0.629. The molecule has 0 nitrogen and oxygen atoms in total. The lowest BCUT2D eigenvalue weighted by Gasteiger charge is -2.39. The van der Waals surface area contributed by atoms with Gasteiger partial charge < -0.3 is 0 Å². The van der Waals surface area contributed by atoms with Crippen molar-refractivity contribution >= 4 is 11.1 Å². The molecule has 0 heteroatoms. The Morgan fingerprint density at radius 3 is 1.11 bits per heavy atom. The molecule has 14 unspecified atom stereocenters. The molecule has 0 bridgehead atoms. The van der Waals surface area contributed by atoms with Crippen molar-refractivity contribution in [1.82, 2.24) is 0 Å². The topological polar surface area (TPSA) is 0 Å². The van der Waals surface area contributed by atoms with E-state index in [1.165, 1.54) is 66.9 Å². The highest BCUT2D eigenvalue weighted by Gasteiger charge is 2.49. The maximum absolute atomic E-state index is 4.94. The molecule has 0 saturated carbocycles. The highest BCUT2D eigenvalue weighted by molar-refractivity contribution is 5.91. The van der Waals surface area contributed by atoms with Crippen LogP contribution in [0.15, 0.2) is 102 Å². The van der Waals surface area contributed by atoms with Crippen LogP contribution in [0.25, 0.3) is 11.1 Å². The summed E-state index contributed by atoms with van der Waals surface area (Å²) in [4.78, 5) is 0. The Balaban J connectivity index is 1.40. The number of hydrogen-bond acceptors (Lipinski definition) is 0. The lowest BCUT2D eigenvalue weighted by Crippen LogP contribution is -2.31. The smallest absolute Gasteiger partial charge is 0.0132 e. The first-order chi connectivity index (χ1) is 32.5. The number of hydrogen-bond donors (Lipinski definition) is 0. The van der Waals surface area contributed by atoms with Gasteiger partial charge in [0.05, 0.1) is 0 Å². The van der Waals surface area contributed by atoms with Crippen molar-refractivity contribution in [2.75, 3.05) is 0 Å². The van der Waals surface area contributed by atoms with Gasteiger partial charge in [0.2, 0.25) is 0 Å². The lowest BCUT2D eigenvalue weighted by molar-refractivity contribution is 0.138. The molecule has 70 heavy (non-hydrogen) atoms. The van der Waals surface area contributed by atoms with Gasteiger partial charge in [0, 0.05) is 23.7 Å². The average molecular weight is 944 g/mol. The van der Waals surface area contributed by atoms with Gasteiger partial charge in [0.15, 0.2) is 0 Å². The third kappa shape index (κ3) is 8.02. The van der Waals surface area contributed by atoms with E-state index in [0.717, 1.165) is 12.8 Å². The summed E-state index contributed by atoms with van der Waals surface area (Å²) in [6.07, 6.45) is 2.04. The summed E-state index contributed by atoms with van der Waals surface area (Å²) in [5, 5.41) is 0. The Kier molecular flexibility index (Phi) is 15.1. The van der Waals surface area contributed by atoms with Crippen molar-refractivity contribution in [3.63, 3.8) is 0 Å². The first-order valence-corrected chi connectivity index (χ1v) is 28.7. The standard InChI is InChI=1S/C70H102/c1-31(2)34(6)37(9)39(11)41(13)46(18)60-48(20)49(21)61-55(27)70-62(56(28)69(60)61)54(26)65(66(70)47(19)42(14)40(12)38(10)35(7)32(3)4)59-30-58(44(16)45(59)17)64-51(23)53(25)67-63(50(22)52(24)68(64)67)57-29-33(5)36(8)43(57)15/h31-32,34-35,37-42,46-47,50-51,60,66H,24-25,29-30H2,1-23,26-28H3. The van der Waals surface area contributed by atoms with Crippen LogP contribution in [0.5, 0.6) is 0 Å². The molecule has 6 aliphatic carbocycles. The molecule has 0 heterocycles. The van der Waals surface area contributed by atoms with E-state index in [1.54, 1.807) is 66.8 Å². The largest absolute Gasteiger partial charge is 0.0946 e. The predicted octanol–water partition coefficient (Wildman–Crippen LogP) is 20.8. The zero-order chi connectivity index (χ0) is 52.5. The number of allylic oxidation sites excluding steroid dienone is 18. The van der Waals surface area contributed by atoms with Gasteiger partial charge in [-0.2, -0.15) is 0 Å². The van der Waals surface area contributed by atoms with E-state index in [2.05, 4.69) is 180 Å². The van der Waals surface area contributed by atoms with Gasteiger partial charge in [0.25, 0.3) is 0 Å². The molecule has 14 atom stereocenters. The Labute approximate surface area is 432 Å². The Hall–Kier alpha value is -3.38. The Morgan fingerprint density at radius 2 is 0.714 bits per heavy atom. The van der Waals surface area contributed by atoms with Crippen LogP contribution in [-0.2, 0) is 0 Å². The SMILES string of the molecule is C=C1C2=C(C3=C(C)C(C)=C(C4=C(C)c5c(C)c6c(c(C)c5C4C(C)C(C)C(C)C(C)C(C)C(C)C)C(C)=C(C)C6C(C)C(C)C(C)C(C)C(C)C(C)C)C3)C(C)C(=C)C2=C(C2=C(C)C(C)=C(C)C2)C1C. The zero-order valence-corrected chi connectivity index (χ0v) is 50.1. The highest BCUT2D eigenvalue weighted by atomic mass is 14.5.